The van der Waals surface area contributed by atoms with E-state index in [9.17, 15) is 9.59 Å². The van der Waals surface area contributed by atoms with Crippen molar-refractivity contribution in [3.8, 4) is 5.75 Å². The van der Waals surface area contributed by atoms with Crippen LogP contribution in [0.4, 0.5) is 0 Å². The zero-order chi connectivity index (χ0) is 21.8. The Bertz CT molecular complexity index is 765. The number of rotatable bonds is 6. The van der Waals surface area contributed by atoms with Crippen molar-refractivity contribution in [3.63, 3.8) is 0 Å². The molecule has 1 aromatic carbocycles. The molecule has 1 heterocycles. The summed E-state index contributed by atoms with van der Waals surface area (Å²) in [7, 11) is -1.96. The Morgan fingerprint density at radius 3 is 2.38 bits per heavy atom. The van der Waals surface area contributed by atoms with Crippen LogP contribution in [0, 0.1) is 0 Å². The molecule has 0 unspecified atom stereocenters. The molecule has 160 valence electrons. The maximum atomic E-state index is 11.4. The molecular weight excluding hydrogens is 388 g/mol. The molecule has 1 aliphatic heterocycles. The molecule has 29 heavy (non-hydrogen) atoms. The maximum absolute atomic E-state index is 11.4. The van der Waals surface area contributed by atoms with Gasteiger partial charge in [-0.05, 0) is 41.9 Å². The fraction of sp³-hybridized carbons (Fsp3) is 0.545. The highest BCUT2D eigenvalue weighted by Gasteiger charge is 2.39. The van der Waals surface area contributed by atoms with Gasteiger partial charge in [0.05, 0.1) is 0 Å². The number of ether oxygens (including phenoxy) is 3. The van der Waals surface area contributed by atoms with Crippen LogP contribution in [0.1, 0.15) is 46.3 Å². The summed E-state index contributed by atoms with van der Waals surface area (Å²) in [6.07, 6.45) is 2.09. The minimum Gasteiger partial charge on any atom is -0.543 e. The summed E-state index contributed by atoms with van der Waals surface area (Å²) in [6, 6.07) is 7.83. The minimum absolute atomic E-state index is 0.00821. The Morgan fingerprint density at radius 2 is 1.79 bits per heavy atom. The Balaban J connectivity index is 2.21. The molecule has 0 N–H and O–H groups in total. The molecule has 0 amide bonds. The van der Waals surface area contributed by atoms with Gasteiger partial charge in [-0.3, -0.25) is 9.59 Å². The molecule has 6 nitrogen and oxygen atoms in total. The van der Waals surface area contributed by atoms with Gasteiger partial charge in [-0.15, -0.1) is 0 Å². The highest BCUT2D eigenvalue weighted by molar-refractivity contribution is 6.74. The molecule has 0 fully saturated rings. The summed E-state index contributed by atoms with van der Waals surface area (Å²) in [4.78, 5) is 22.6. The third kappa shape index (κ3) is 6.44. The minimum atomic E-state index is -1.96. The number of hydrogen-bond donors (Lipinski definition) is 0. The van der Waals surface area contributed by atoms with Gasteiger partial charge < -0.3 is 18.6 Å². The fourth-order valence-electron chi connectivity index (χ4n) is 2.68. The topological polar surface area (TPSA) is 71.1 Å². The number of hydrogen-bond acceptors (Lipinski definition) is 6. The van der Waals surface area contributed by atoms with Crippen molar-refractivity contribution in [2.75, 3.05) is 6.61 Å². The molecule has 2 rings (SSSR count). The monoisotopic (exact) mass is 420 g/mol. The van der Waals surface area contributed by atoms with E-state index in [2.05, 4.69) is 33.9 Å². The van der Waals surface area contributed by atoms with Crippen molar-refractivity contribution in [2.45, 2.75) is 71.1 Å². The summed E-state index contributed by atoms with van der Waals surface area (Å²) in [5.41, 5.74) is 0.923. The van der Waals surface area contributed by atoms with Crippen molar-refractivity contribution in [1.29, 1.82) is 0 Å². The summed E-state index contributed by atoms with van der Waals surface area (Å²) < 4.78 is 22.9. The molecule has 0 radical (unpaired) electrons. The lowest BCUT2D eigenvalue weighted by molar-refractivity contribution is -0.163. The van der Waals surface area contributed by atoms with Gasteiger partial charge in [0.15, 0.2) is 0 Å². The summed E-state index contributed by atoms with van der Waals surface area (Å²) >= 11 is 0. The smallest absolute Gasteiger partial charge is 0.303 e. The van der Waals surface area contributed by atoms with Crippen molar-refractivity contribution in [2.24, 2.45) is 0 Å². The van der Waals surface area contributed by atoms with E-state index in [0.29, 0.717) is 0 Å². The van der Waals surface area contributed by atoms with Crippen LogP contribution in [0.25, 0.3) is 0 Å². The lowest BCUT2D eigenvalue weighted by Gasteiger charge is -2.36. The van der Waals surface area contributed by atoms with Gasteiger partial charge in [-0.25, -0.2) is 0 Å². The van der Waals surface area contributed by atoms with E-state index in [1.165, 1.54) is 13.8 Å². The van der Waals surface area contributed by atoms with Gasteiger partial charge in [0.2, 0.25) is 8.32 Å². The molecule has 1 aliphatic rings. The number of carbonyl (C=O) groups is 2. The molecule has 0 aromatic heterocycles. The lowest BCUT2D eigenvalue weighted by atomic mass is 10.0. The third-order valence-electron chi connectivity index (χ3n) is 5.28. The first-order valence-electron chi connectivity index (χ1n) is 9.82. The second kappa shape index (κ2) is 9.13. The van der Waals surface area contributed by atoms with Crippen LogP contribution in [-0.4, -0.2) is 39.1 Å². The first-order valence-corrected chi connectivity index (χ1v) is 12.7. The van der Waals surface area contributed by atoms with Crippen LogP contribution in [0.3, 0.4) is 0 Å². The van der Waals surface area contributed by atoms with E-state index in [1.807, 2.05) is 30.3 Å². The summed E-state index contributed by atoms with van der Waals surface area (Å²) in [5, 5.41) is 0.0939. The Labute approximate surface area is 174 Å². The molecule has 0 aliphatic carbocycles. The van der Waals surface area contributed by atoms with Gasteiger partial charge in [0, 0.05) is 13.8 Å². The molecule has 0 saturated heterocycles. The van der Waals surface area contributed by atoms with E-state index < -0.39 is 32.5 Å². The van der Waals surface area contributed by atoms with E-state index in [1.54, 1.807) is 6.08 Å². The average Bonchev–Trinajstić information content (AvgIpc) is 2.59. The number of benzene rings is 1. The predicted molar refractivity (Wildman–Crippen MR) is 113 cm³/mol. The van der Waals surface area contributed by atoms with Gasteiger partial charge in [-0.1, -0.05) is 39.0 Å². The summed E-state index contributed by atoms with van der Waals surface area (Å²) in [5.74, 6) is -0.0184. The Kier molecular flexibility index (Phi) is 7.29. The van der Waals surface area contributed by atoms with Crippen molar-refractivity contribution >= 4 is 20.3 Å². The van der Waals surface area contributed by atoms with E-state index in [4.69, 9.17) is 18.6 Å². The molecule has 0 saturated carbocycles. The second-order valence-corrected chi connectivity index (χ2v) is 13.5. The van der Waals surface area contributed by atoms with Crippen LogP contribution >= 0.6 is 0 Å². The molecule has 0 spiro atoms. The second-order valence-electron chi connectivity index (χ2n) is 8.79. The van der Waals surface area contributed by atoms with E-state index >= 15 is 0 Å². The highest BCUT2D eigenvalue weighted by atomic mass is 28.4. The van der Waals surface area contributed by atoms with Crippen LogP contribution in [-0.2, 0) is 23.8 Å². The van der Waals surface area contributed by atoms with Crippen molar-refractivity contribution in [1.82, 2.24) is 0 Å². The quantitative estimate of drug-likeness (QED) is 0.382. The van der Waals surface area contributed by atoms with Crippen LogP contribution in [0.5, 0.6) is 5.75 Å². The highest BCUT2D eigenvalue weighted by Crippen LogP contribution is 2.38. The average molecular weight is 421 g/mol. The van der Waals surface area contributed by atoms with Crippen molar-refractivity contribution in [3.05, 3.63) is 42.0 Å². The molecule has 7 heteroatoms. The van der Waals surface area contributed by atoms with Crippen molar-refractivity contribution < 1.29 is 28.2 Å². The molecule has 0 bridgehead atoms. The largest absolute Gasteiger partial charge is 0.543 e. The fourth-order valence-corrected chi connectivity index (χ4v) is 3.70. The van der Waals surface area contributed by atoms with Crippen LogP contribution in [0.2, 0.25) is 18.1 Å². The molecular formula is C22H32O6Si. The van der Waals surface area contributed by atoms with Crippen LogP contribution < -0.4 is 4.43 Å². The van der Waals surface area contributed by atoms with E-state index in [0.717, 1.165) is 11.3 Å². The number of carbonyl (C=O) groups excluding carboxylic acids is 2. The van der Waals surface area contributed by atoms with Gasteiger partial charge in [-0.2, -0.15) is 0 Å². The first-order chi connectivity index (χ1) is 13.4. The predicted octanol–water partition coefficient (Wildman–Crippen LogP) is 4.56. The zero-order valence-electron chi connectivity index (χ0n) is 18.4. The SMILES string of the molecule is CC(=O)OC[C@H]1O[C@H](c2cccc(O[Si](C)(C)C(C)(C)C)c2)C=C[C@@H]1OC(C)=O. The molecule has 3 atom stereocenters. The standard InChI is InChI=1S/C22H32O6Si/c1-15(23)25-14-21-20(26-16(2)24)12-11-19(27-21)17-9-8-10-18(13-17)28-29(6,7)22(3,4)5/h8-13,19-21H,14H2,1-7H3/t19-,20-,21+/m0/s1. The molecule has 1 aromatic rings. The van der Waals surface area contributed by atoms with Gasteiger partial charge >= 0.3 is 11.9 Å². The summed E-state index contributed by atoms with van der Waals surface area (Å²) in [6.45, 7) is 13.7. The first kappa shape index (κ1) is 23.2. The van der Waals surface area contributed by atoms with Crippen LogP contribution in [0.15, 0.2) is 36.4 Å². The van der Waals surface area contributed by atoms with E-state index in [-0.39, 0.29) is 17.7 Å². The Hall–Kier alpha value is -2.12. The number of esters is 2. The zero-order valence-corrected chi connectivity index (χ0v) is 19.4. The lowest BCUT2D eigenvalue weighted by Crippen LogP contribution is -2.43. The third-order valence-corrected chi connectivity index (χ3v) is 9.64. The normalized spacial score (nSPS) is 22.1. The maximum Gasteiger partial charge on any atom is 0.303 e. The van der Waals surface area contributed by atoms with Gasteiger partial charge in [0.25, 0.3) is 0 Å². The Morgan fingerprint density at radius 1 is 1.10 bits per heavy atom. The van der Waals surface area contributed by atoms with Gasteiger partial charge in [0.1, 0.15) is 30.7 Å².